The van der Waals surface area contributed by atoms with Crippen LogP contribution >= 0.6 is 0 Å². The van der Waals surface area contributed by atoms with Crippen LogP contribution in [0, 0.1) is 0 Å². The first-order valence-electron chi connectivity index (χ1n) is 8.43. The van der Waals surface area contributed by atoms with Crippen molar-refractivity contribution in [1.29, 1.82) is 0 Å². The Labute approximate surface area is 163 Å². The highest BCUT2D eigenvalue weighted by Gasteiger charge is 2.22. The molecule has 0 atom stereocenters. The van der Waals surface area contributed by atoms with E-state index in [-0.39, 0.29) is 17.0 Å². The van der Waals surface area contributed by atoms with Crippen molar-refractivity contribution in [3.05, 3.63) is 84.2 Å². The number of para-hydroxylation sites is 1. The van der Waals surface area contributed by atoms with Crippen molar-refractivity contribution in [1.82, 2.24) is 10.3 Å². The Morgan fingerprint density at radius 3 is 2.54 bits per heavy atom. The summed E-state index contributed by atoms with van der Waals surface area (Å²) in [5.41, 5.74) is 1.15. The van der Waals surface area contributed by atoms with Crippen molar-refractivity contribution < 1.29 is 17.9 Å². The minimum atomic E-state index is -3.96. The molecule has 0 aliphatic heterocycles. The minimum absolute atomic E-state index is 0.0498. The van der Waals surface area contributed by atoms with E-state index in [0.717, 1.165) is 5.56 Å². The summed E-state index contributed by atoms with van der Waals surface area (Å²) in [6, 6.07) is 16.5. The number of aromatic nitrogens is 1. The van der Waals surface area contributed by atoms with Crippen LogP contribution < -0.4 is 14.8 Å². The maximum atomic E-state index is 12.8. The van der Waals surface area contributed by atoms with E-state index in [0.29, 0.717) is 11.4 Å². The highest BCUT2D eigenvalue weighted by molar-refractivity contribution is 7.92. The summed E-state index contributed by atoms with van der Waals surface area (Å²) in [7, 11) is -2.41. The van der Waals surface area contributed by atoms with Gasteiger partial charge in [0.05, 0.1) is 24.6 Å². The number of benzene rings is 2. The molecular weight excluding hydrogens is 378 g/mol. The number of pyridine rings is 1. The van der Waals surface area contributed by atoms with Gasteiger partial charge in [-0.1, -0.05) is 30.3 Å². The largest absolute Gasteiger partial charge is 0.496 e. The van der Waals surface area contributed by atoms with Gasteiger partial charge in [0, 0.05) is 18.3 Å². The SMILES string of the molecule is COc1ccccc1CNC(=O)c1ccccc1S(=O)(=O)Nc1cccnc1. The summed E-state index contributed by atoms with van der Waals surface area (Å²) in [5.74, 6) is 0.139. The van der Waals surface area contributed by atoms with E-state index in [1.54, 1.807) is 37.4 Å². The number of nitrogens with one attached hydrogen (secondary N) is 2. The predicted octanol–water partition coefficient (Wildman–Crippen LogP) is 2.82. The molecule has 0 aliphatic carbocycles. The Balaban J connectivity index is 1.82. The molecule has 0 radical (unpaired) electrons. The first-order valence-corrected chi connectivity index (χ1v) is 9.91. The number of hydrogen-bond acceptors (Lipinski definition) is 5. The molecule has 8 heteroatoms. The van der Waals surface area contributed by atoms with Crippen molar-refractivity contribution in [2.24, 2.45) is 0 Å². The van der Waals surface area contributed by atoms with Crippen LogP contribution in [0.5, 0.6) is 5.75 Å². The second kappa shape index (κ2) is 8.53. The molecule has 2 N–H and O–H groups in total. The number of carbonyl (C=O) groups excluding carboxylic acids is 1. The lowest BCUT2D eigenvalue weighted by molar-refractivity contribution is 0.0947. The molecule has 0 spiro atoms. The first kappa shape index (κ1) is 19.4. The third kappa shape index (κ3) is 4.47. The van der Waals surface area contributed by atoms with Gasteiger partial charge in [-0.15, -0.1) is 0 Å². The molecule has 3 rings (SSSR count). The molecule has 144 valence electrons. The Kier molecular flexibility index (Phi) is 5.90. The quantitative estimate of drug-likeness (QED) is 0.639. The molecule has 7 nitrogen and oxygen atoms in total. The number of methoxy groups -OCH3 is 1. The van der Waals surface area contributed by atoms with Gasteiger partial charge in [0.15, 0.2) is 0 Å². The van der Waals surface area contributed by atoms with Gasteiger partial charge in [-0.3, -0.25) is 14.5 Å². The Morgan fingerprint density at radius 1 is 1.04 bits per heavy atom. The van der Waals surface area contributed by atoms with E-state index in [1.165, 1.54) is 24.5 Å². The predicted molar refractivity (Wildman–Crippen MR) is 106 cm³/mol. The van der Waals surface area contributed by atoms with Crippen molar-refractivity contribution in [3.8, 4) is 5.75 Å². The molecule has 1 amide bonds. The summed E-state index contributed by atoms with van der Waals surface area (Å²) >= 11 is 0. The number of sulfonamides is 1. The van der Waals surface area contributed by atoms with Gasteiger partial charge in [-0.05, 0) is 30.3 Å². The van der Waals surface area contributed by atoms with Crippen molar-refractivity contribution in [2.45, 2.75) is 11.4 Å². The molecule has 0 fully saturated rings. The number of ether oxygens (including phenoxy) is 1. The number of nitrogens with zero attached hydrogens (tertiary/aromatic N) is 1. The van der Waals surface area contributed by atoms with Gasteiger partial charge in [0.2, 0.25) is 0 Å². The van der Waals surface area contributed by atoms with E-state index in [9.17, 15) is 13.2 Å². The highest BCUT2D eigenvalue weighted by atomic mass is 32.2. The molecule has 0 bridgehead atoms. The zero-order chi connectivity index (χ0) is 20.0. The molecule has 2 aromatic carbocycles. The van der Waals surface area contributed by atoms with E-state index < -0.39 is 15.9 Å². The maximum Gasteiger partial charge on any atom is 0.262 e. The number of amides is 1. The molecule has 0 saturated heterocycles. The standard InChI is InChI=1S/C20H19N3O4S/c1-27-18-10-4-2-7-15(18)13-22-20(24)17-9-3-5-11-19(17)28(25,26)23-16-8-6-12-21-14-16/h2-12,14,23H,13H2,1H3,(H,22,24). The summed E-state index contributed by atoms with van der Waals surface area (Å²) in [6.45, 7) is 0.202. The fraction of sp³-hybridized carbons (Fsp3) is 0.100. The van der Waals surface area contributed by atoms with Gasteiger partial charge in [0.25, 0.3) is 15.9 Å². The second-order valence-corrected chi connectivity index (χ2v) is 7.49. The van der Waals surface area contributed by atoms with Gasteiger partial charge in [-0.2, -0.15) is 0 Å². The first-order chi connectivity index (χ1) is 13.5. The smallest absolute Gasteiger partial charge is 0.262 e. The molecule has 3 aromatic rings. The van der Waals surface area contributed by atoms with Gasteiger partial charge >= 0.3 is 0 Å². The Morgan fingerprint density at radius 2 is 1.79 bits per heavy atom. The summed E-state index contributed by atoms with van der Waals surface area (Å²) in [6.07, 6.45) is 2.93. The topological polar surface area (TPSA) is 97.4 Å². The monoisotopic (exact) mass is 397 g/mol. The average Bonchev–Trinajstić information content (AvgIpc) is 2.72. The Bertz CT molecular complexity index is 1070. The summed E-state index contributed by atoms with van der Waals surface area (Å²) in [5, 5.41) is 2.74. The van der Waals surface area contributed by atoms with Crippen LogP contribution in [0.4, 0.5) is 5.69 Å². The zero-order valence-corrected chi connectivity index (χ0v) is 15.9. The molecule has 0 aliphatic rings. The number of carbonyl (C=O) groups is 1. The molecule has 1 heterocycles. The molecule has 1 aromatic heterocycles. The third-order valence-corrected chi connectivity index (χ3v) is 5.41. The van der Waals surface area contributed by atoms with Crippen LogP contribution in [0.1, 0.15) is 15.9 Å². The number of rotatable bonds is 7. The van der Waals surface area contributed by atoms with E-state index in [2.05, 4.69) is 15.0 Å². The van der Waals surface area contributed by atoms with Crippen LogP contribution in [0.2, 0.25) is 0 Å². The van der Waals surface area contributed by atoms with Gasteiger partial charge in [-0.25, -0.2) is 8.42 Å². The minimum Gasteiger partial charge on any atom is -0.496 e. The normalized spacial score (nSPS) is 10.9. The highest BCUT2D eigenvalue weighted by Crippen LogP contribution is 2.20. The number of anilines is 1. The number of hydrogen-bond donors (Lipinski definition) is 2. The van der Waals surface area contributed by atoms with Gasteiger partial charge in [0.1, 0.15) is 10.6 Å². The van der Waals surface area contributed by atoms with Crippen molar-refractivity contribution in [2.75, 3.05) is 11.8 Å². The summed E-state index contributed by atoms with van der Waals surface area (Å²) in [4.78, 5) is 16.4. The van der Waals surface area contributed by atoms with E-state index >= 15 is 0 Å². The lowest BCUT2D eigenvalue weighted by Gasteiger charge is -2.13. The molecule has 0 unspecified atom stereocenters. The molecular formula is C20H19N3O4S. The second-order valence-electron chi connectivity index (χ2n) is 5.84. The van der Waals surface area contributed by atoms with Crippen LogP contribution in [0.3, 0.4) is 0 Å². The fourth-order valence-corrected chi connectivity index (χ4v) is 3.89. The van der Waals surface area contributed by atoms with Crippen LogP contribution in [-0.4, -0.2) is 26.4 Å². The molecule has 0 saturated carbocycles. The van der Waals surface area contributed by atoms with Crippen LogP contribution in [0.15, 0.2) is 78.0 Å². The third-order valence-electron chi connectivity index (χ3n) is 3.97. The average molecular weight is 397 g/mol. The Hall–Kier alpha value is -3.39. The maximum absolute atomic E-state index is 12.8. The van der Waals surface area contributed by atoms with Crippen molar-refractivity contribution in [3.63, 3.8) is 0 Å². The lowest BCUT2D eigenvalue weighted by Crippen LogP contribution is -2.26. The fourth-order valence-electron chi connectivity index (χ4n) is 2.64. The van der Waals surface area contributed by atoms with Crippen LogP contribution in [0.25, 0.3) is 0 Å². The zero-order valence-electron chi connectivity index (χ0n) is 15.1. The molecule has 28 heavy (non-hydrogen) atoms. The lowest BCUT2D eigenvalue weighted by atomic mass is 10.1. The van der Waals surface area contributed by atoms with Gasteiger partial charge < -0.3 is 10.1 Å². The van der Waals surface area contributed by atoms with E-state index in [4.69, 9.17) is 4.74 Å². The van der Waals surface area contributed by atoms with Crippen molar-refractivity contribution >= 4 is 21.6 Å². The summed E-state index contributed by atoms with van der Waals surface area (Å²) < 4.78 is 33.2. The van der Waals surface area contributed by atoms with Crippen LogP contribution in [-0.2, 0) is 16.6 Å². The van der Waals surface area contributed by atoms with E-state index in [1.807, 2.05) is 18.2 Å².